The maximum absolute atomic E-state index is 12.8. The molecule has 2 N–H and O–H groups in total. The van der Waals surface area contributed by atoms with Gasteiger partial charge >= 0.3 is 6.03 Å². The van der Waals surface area contributed by atoms with Crippen molar-refractivity contribution in [3.05, 3.63) is 90.1 Å². The Morgan fingerprint density at radius 1 is 1.06 bits per heavy atom. The van der Waals surface area contributed by atoms with Gasteiger partial charge in [0.25, 0.3) is 0 Å². The summed E-state index contributed by atoms with van der Waals surface area (Å²) in [6.45, 7) is 1.21. The number of pyridine rings is 1. The highest BCUT2D eigenvalue weighted by Gasteiger charge is 2.25. The van der Waals surface area contributed by atoms with E-state index >= 15 is 0 Å². The lowest BCUT2D eigenvalue weighted by Gasteiger charge is -2.25. The molecular weight excluding hydrogens is 420 g/mol. The third kappa shape index (κ3) is 6.11. The number of benzene rings is 2. The van der Waals surface area contributed by atoms with Crippen LogP contribution in [0.25, 0.3) is 0 Å². The van der Waals surface area contributed by atoms with Crippen molar-refractivity contribution in [2.45, 2.75) is 29.7 Å². The summed E-state index contributed by atoms with van der Waals surface area (Å²) in [4.78, 5) is 31.1. The number of anilines is 1. The molecule has 4 rings (SSSR count). The van der Waals surface area contributed by atoms with Crippen LogP contribution < -0.4 is 10.6 Å². The molecule has 0 spiro atoms. The predicted octanol–water partition coefficient (Wildman–Crippen LogP) is 4.86. The Kier molecular flexibility index (Phi) is 7.40. The molecule has 1 aliphatic heterocycles. The van der Waals surface area contributed by atoms with Crippen molar-refractivity contribution in [2.75, 3.05) is 18.4 Å². The second-order valence-corrected chi connectivity index (χ2v) is 8.66. The molecular formula is C25H26N4O2S. The molecule has 0 bridgehead atoms. The van der Waals surface area contributed by atoms with Gasteiger partial charge in [0, 0.05) is 37.1 Å². The van der Waals surface area contributed by atoms with Crippen LogP contribution >= 0.6 is 11.8 Å². The number of amides is 3. The summed E-state index contributed by atoms with van der Waals surface area (Å²) >= 11 is 1.65. The van der Waals surface area contributed by atoms with Gasteiger partial charge in [-0.05, 0) is 41.8 Å². The van der Waals surface area contributed by atoms with Crippen LogP contribution in [0.2, 0.25) is 0 Å². The number of hydrogen-bond donors (Lipinski definition) is 2. The normalized spacial score (nSPS) is 14.2. The molecule has 1 atom stereocenters. The quantitative estimate of drug-likeness (QED) is 0.485. The minimum atomic E-state index is -0.292. The van der Waals surface area contributed by atoms with Crippen LogP contribution in [0.15, 0.2) is 84.0 Å². The molecule has 1 aromatic heterocycles. The molecule has 1 aliphatic rings. The molecule has 1 fully saturated rings. The molecule has 0 aliphatic carbocycles. The van der Waals surface area contributed by atoms with Gasteiger partial charge in [0.05, 0.1) is 11.1 Å². The van der Waals surface area contributed by atoms with Gasteiger partial charge in [-0.3, -0.25) is 4.79 Å². The zero-order valence-electron chi connectivity index (χ0n) is 17.7. The summed E-state index contributed by atoms with van der Waals surface area (Å²) in [5, 5.41) is 6.95. The summed E-state index contributed by atoms with van der Waals surface area (Å²) in [5.74, 6) is 0.906. The average Bonchev–Trinajstić information content (AvgIpc) is 3.23. The fraction of sp³-hybridized carbons (Fsp3) is 0.240. The number of urea groups is 1. The van der Waals surface area contributed by atoms with Gasteiger partial charge in [0.1, 0.15) is 0 Å². The Hall–Kier alpha value is -3.32. The standard InChI is InChI=1S/C25H26N4O2S/c30-24-13-7-15-29(24)17-22(20-9-2-1-3-10-20)28-25(31)27-21-11-6-8-19(16-21)18-32-23-12-4-5-14-26-23/h1-6,8-12,14,16,22H,7,13,15,17-18H2,(H2,27,28,31). The van der Waals surface area contributed by atoms with Crippen LogP contribution in [0, 0.1) is 0 Å². The van der Waals surface area contributed by atoms with Gasteiger partial charge in [-0.1, -0.05) is 48.5 Å². The first-order valence-electron chi connectivity index (χ1n) is 10.7. The van der Waals surface area contributed by atoms with Gasteiger partial charge in [-0.25, -0.2) is 9.78 Å². The Labute approximate surface area is 192 Å². The summed E-state index contributed by atoms with van der Waals surface area (Å²) in [5.41, 5.74) is 2.80. The van der Waals surface area contributed by atoms with Crippen molar-refractivity contribution in [3.8, 4) is 0 Å². The highest BCUT2D eigenvalue weighted by molar-refractivity contribution is 7.98. The largest absolute Gasteiger partial charge is 0.340 e. The summed E-state index contributed by atoms with van der Waals surface area (Å²) in [6, 6.07) is 22.9. The van der Waals surface area contributed by atoms with E-state index in [4.69, 9.17) is 0 Å². The van der Waals surface area contributed by atoms with Crippen molar-refractivity contribution >= 4 is 29.4 Å². The van der Waals surface area contributed by atoms with E-state index in [1.807, 2.05) is 77.7 Å². The summed E-state index contributed by atoms with van der Waals surface area (Å²) < 4.78 is 0. The molecule has 7 heteroatoms. The molecule has 32 heavy (non-hydrogen) atoms. The van der Waals surface area contributed by atoms with Crippen molar-refractivity contribution in [3.63, 3.8) is 0 Å². The first-order chi connectivity index (χ1) is 15.7. The van der Waals surface area contributed by atoms with E-state index in [1.54, 1.807) is 18.0 Å². The molecule has 2 aromatic carbocycles. The maximum atomic E-state index is 12.8. The molecule has 3 aromatic rings. The van der Waals surface area contributed by atoms with Crippen LogP contribution in [0.4, 0.5) is 10.5 Å². The fourth-order valence-electron chi connectivity index (χ4n) is 3.69. The number of nitrogens with zero attached hydrogens (tertiary/aromatic N) is 2. The lowest BCUT2D eigenvalue weighted by atomic mass is 10.1. The van der Waals surface area contributed by atoms with E-state index in [2.05, 4.69) is 15.6 Å². The van der Waals surface area contributed by atoms with Crippen LogP contribution in [-0.2, 0) is 10.5 Å². The van der Waals surface area contributed by atoms with Crippen LogP contribution in [0.3, 0.4) is 0 Å². The molecule has 3 amide bonds. The van der Waals surface area contributed by atoms with Gasteiger partial charge in [-0.15, -0.1) is 11.8 Å². The number of likely N-dealkylation sites (tertiary alicyclic amines) is 1. The zero-order chi connectivity index (χ0) is 22.2. The second-order valence-electron chi connectivity index (χ2n) is 7.66. The molecule has 0 saturated carbocycles. The molecule has 6 nitrogen and oxygen atoms in total. The second kappa shape index (κ2) is 10.8. The van der Waals surface area contributed by atoms with E-state index in [1.165, 1.54) is 0 Å². The molecule has 0 radical (unpaired) electrons. The number of hydrogen-bond acceptors (Lipinski definition) is 4. The smallest absolute Gasteiger partial charge is 0.319 e. The van der Waals surface area contributed by atoms with Crippen LogP contribution in [0.5, 0.6) is 0 Å². The fourth-order valence-corrected chi connectivity index (χ4v) is 4.50. The van der Waals surface area contributed by atoms with Gasteiger partial charge in [0.15, 0.2) is 0 Å². The average molecular weight is 447 g/mol. The third-order valence-corrected chi connectivity index (χ3v) is 6.31. The maximum Gasteiger partial charge on any atom is 0.319 e. The topological polar surface area (TPSA) is 74.3 Å². The van der Waals surface area contributed by atoms with Crippen molar-refractivity contribution < 1.29 is 9.59 Å². The number of aromatic nitrogens is 1. The predicted molar refractivity (Wildman–Crippen MR) is 127 cm³/mol. The first kappa shape index (κ1) is 21.9. The lowest BCUT2D eigenvalue weighted by molar-refractivity contribution is -0.128. The third-order valence-electron chi connectivity index (χ3n) is 5.29. The van der Waals surface area contributed by atoms with Crippen LogP contribution in [-0.4, -0.2) is 34.9 Å². The van der Waals surface area contributed by atoms with Crippen LogP contribution in [0.1, 0.15) is 30.0 Å². The minimum Gasteiger partial charge on any atom is -0.340 e. The van der Waals surface area contributed by atoms with Gasteiger partial charge < -0.3 is 15.5 Å². The Morgan fingerprint density at radius 2 is 1.91 bits per heavy atom. The number of thioether (sulfide) groups is 1. The number of nitrogens with one attached hydrogen (secondary N) is 2. The van der Waals surface area contributed by atoms with E-state index in [0.29, 0.717) is 13.0 Å². The zero-order valence-corrected chi connectivity index (χ0v) is 18.6. The minimum absolute atomic E-state index is 0.145. The van der Waals surface area contributed by atoms with Crippen molar-refractivity contribution in [1.82, 2.24) is 15.2 Å². The number of carbonyl (C=O) groups excluding carboxylic acids is 2. The van der Waals surface area contributed by atoms with E-state index < -0.39 is 0 Å². The SMILES string of the molecule is O=C(Nc1cccc(CSc2ccccn2)c1)NC(CN1CCCC1=O)c1ccccc1. The van der Waals surface area contributed by atoms with E-state index in [-0.39, 0.29) is 18.0 Å². The van der Waals surface area contributed by atoms with Crippen molar-refractivity contribution in [2.24, 2.45) is 0 Å². The molecule has 1 unspecified atom stereocenters. The molecule has 164 valence electrons. The first-order valence-corrected chi connectivity index (χ1v) is 11.7. The molecule has 2 heterocycles. The van der Waals surface area contributed by atoms with E-state index in [9.17, 15) is 9.59 Å². The monoisotopic (exact) mass is 446 g/mol. The number of carbonyl (C=O) groups is 2. The van der Waals surface area contributed by atoms with Crippen molar-refractivity contribution in [1.29, 1.82) is 0 Å². The summed E-state index contributed by atoms with van der Waals surface area (Å²) in [6.07, 6.45) is 3.23. The number of rotatable bonds is 8. The van der Waals surface area contributed by atoms with Gasteiger partial charge in [-0.2, -0.15) is 0 Å². The molecule has 1 saturated heterocycles. The van der Waals surface area contributed by atoms with E-state index in [0.717, 1.165) is 40.6 Å². The lowest BCUT2D eigenvalue weighted by Crippen LogP contribution is -2.40. The Bertz CT molecular complexity index is 1050. The Morgan fingerprint density at radius 3 is 2.66 bits per heavy atom. The van der Waals surface area contributed by atoms with Gasteiger partial charge in [0.2, 0.25) is 5.91 Å². The highest BCUT2D eigenvalue weighted by Crippen LogP contribution is 2.23. The highest BCUT2D eigenvalue weighted by atomic mass is 32.2. The Balaban J connectivity index is 1.38. The summed E-state index contributed by atoms with van der Waals surface area (Å²) in [7, 11) is 0.